The smallest absolute Gasteiger partial charge is 0.0137 e. The zero-order valence-corrected chi connectivity index (χ0v) is 9.32. The minimum absolute atomic E-state index is 1.04. The monoisotopic (exact) mass is 192 g/mol. The summed E-state index contributed by atoms with van der Waals surface area (Å²) in [5.74, 6) is 0. The third-order valence-electron chi connectivity index (χ3n) is 1.86. The van der Waals surface area contributed by atoms with E-state index < -0.39 is 0 Å². The van der Waals surface area contributed by atoms with Crippen molar-refractivity contribution in [3.8, 4) is 0 Å². The van der Waals surface area contributed by atoms with Gasteiger partial charge in [-0.3, -0.25) is 0 Å². The van der Waals surface area contributed by atoms with Gasteiger partial charge in [0.15, 0.2) is 0 Å². The van der Waals surface area contributed by atoms with Gasteiger partial charge in [0.25, 0.3) is 0 Å². The fourth-order valence-corrected chi connectivity index (χ4v) is 1.98. The molecule has 0 saturated heterocycles. The van der Waals surface area contributed by atoms with Crippen LogP contribution in [-0.2, 0) is 0 Å². The molecule has 13 heavy (non-hydrogen) atoms. The Morgan fingerprint density at radius 3 is 2.62 bits per heavy atom. The Kier molecular flexibility index (Phi) is 4.10. The van der Waals surface area contributed by atoms with Gasteiger partial charge in [0, 0.05) is 0 Å². The zero-order chi connectivity index (χ0) is 9.68. The van der Waals surface area contributed by atoms with Crippen molar-refractivity contribution in [3.05, 3.63) is 45.8 Å². The highest BCUT2D eigenvalue weighted by Gasteiger charge is 1.93. The summed E-state index contributed by atoms with van der Waals surface area (Å²) in [7, 11) is 0. The molecule has 1 heterocycles. The van der Waals surface area contributed by atoms with Crippen LogP contribution in [0.5, 0.6) is 0 Å². The van der Waals surface area contributed by atoms with Gasteiger partial charge < -0.3 is 0 Å². The van der Waals surface area contributed by atoms with Crippen molar-refractivity contribution in [3.63, 3.8) is 0 Å². The predicted molar refractivity (Wildman–Crippen MR) is 62.6 cm³/mol. The van der Waals surface area contributed by atoms with E-state index in [2.05, 4.69) is 51.2 Å². The van der Waals surface area contributed by atoms with Crippen molar-refractivity contribution in [2.24, 2.45) is 0 Å². The van der Waals surface area contributed by atoms with Gasteiger partial charge in [-0.25, -0.2) is 0 Å². The SMILES string of the molecule is CC1=CC/C=C(/C)S/C(C)=C/C=C1. The van der Waals surface area contributed by atoms with E-state index in [9.17, 15) is 0 Å². The molecule has 1 heteroatoms. The van der Waals surface area contributed by atoms with Gasteiger partial charge in [0.2, 0.25) is 0 Å². The van der Waals surface area contributed by atoms with E-state index in [1.807, 2.05) is 11.8 Å². The third-order valence-corrected chi connectivity index (χ3v) is 2.80. The number of hydrogen-bond donors (Lipinski definition) is 0. The average molecular weight is 192 g/mol. The first-order valence-corrected chi connectivity index (χ1v) is 5.36. The van der Waals surface area contributed by atoms with Gasteiger partial charge in [0.05, 0.1) is 0 Å². The molecule has 0 bridgehead atoms. The quantitative estimate of drug-likeness (QED) is 0.547. The fraction of sp³-hybridized carbons (Fsp3) is 0.333. The summed E-state index contributed by atoms with van der Waals surface area (Å²) in [6.07, 6.45) is 12.0. The first-order valence-electron chi connectivity index (χ1n) is 4.55. The van der Waals surface area contributed by atoms with Gasteiger partial charge in [-0.15, -0.1) is 0 Å². The van der Waals surface area contributed by atoms with Crippen LogP contribution >= 0.6 is 11.8 Å². The molecule has 0 saturated carbocycles. The molecular formula is C12H16S. The lowest BCUT2D eigenvalue weighted by atomic mass is 10.2. The highest BCUT2D eigenvalue weighted by atomic mass is 32.2. The molecule has 0 atom stereocenters. The molecule has 0 aromatic rings. The second-order valence-corrected chi connectivity index (χ2v) is 4.73. The molecule has 1 aliphatic heterocycles. The maximum atomic E-state index is 2.27. The summed E-state index contributed by atoms with van der Waals surface area (Å²) >= 11 is 1.84. The number of allylic oxidation sites excluding steroid dienone is 8. The summed E-state index contributed by atoms with van der Waals surface area (Å²) in [5, 5.41) is 0. The Balaban J connectivity index is 2.84. The standard InChI is InChI=1S/C12H16S/c1-10-6-4-8-11(2)13-12(3)9-5-7-10/h4,6-9H,5H2,1-3H3/b6-4?,10-7?,11-8+,12-9-. The molecule has 0 fully saturated rings. The minimum atomic E-state index is 1.04. The molecule has 0 nitrogen and oxygen atoms in total. The van der Waals surface area contributed by atoms with Crippen molar-refractivity contribution in [1.82, 2.24) is 0 Å². The van der Waals surface area contributed by atoms with E-state index in [0.29, 0.717) is 0 Å². The van der Waals surface area contributed by atoms with Crippen LogP contribution in [0.25, 0.3) is 0 Å². The lowest BCUT2D eigenvalue weighted by molar-refractivity contribution is 1.31. The molecule has 1 rings (SSSR count). The number of hydrogen-bond acceptors (Lipinski definition) is 1. The van der Waals surface area contributed by atoms with Crippen molar-refractivity contribution < 1.29 is 0 Å². The van der Waals surface area contributed by atoms with Crippen LogP contribution in [0.3, 0.4) is 0 Å². The lowest BCUT2D eigenvalue weighted by Gasteiger charge is -2.01. The first-order chi connectivity index (χ1) is 6.18. The van der Waals surface area contributed by atoms with E-state index in [4.69, 9.17) is 0 Å². The average Bonchev–Trinajstić information content (AvgIpc) is 2.03. The van der Waals surface area contributed by atoms with Crippen LogP contribution in [0, 0.1) is 0 Å². The van der Waals surface area contributed by atoms with Crippen molar-refractivity contribution >= 4 is 11.8 Å². The Morgan fingerprint density at radius 2 is 1.85 bits per heavy atom. The Hall–Kier alpha value is -0.690. The summed E-state index contributed by atoms with van der Waals surface area (Å²) in [6.45, 7) is 6.45. The van der Waals surface area contributed by atoms with E-state index in [-0.39, 0.29) is 0 Å². The summed E-state index contributed by atoms with van der Waals surface area (Å²) in [5.41, 5.74) is 1.33. The van der Waals surface area contributed by atoms with Crippen LogP contribution in [0.4, 0.5) is 0 Å². The van der Waals surface area contributed by atoms with Crippen LogP contribution in [0.1, 0.15) is 27.2 Å². The van der Waals surface area contributed by atoms with E-state index >= 15 is 0 Å². The van der Waals surface area contributed by atoms with Gasteiger partial charge in [0.1, 0.15) is 0 Å². The van der Waals surface area contributed by atoms with E-state index in [1.54, 1.807) is 0 Å². The van der Waals surface area contributed by atoms with Crippen LogP contribution < -0.4 is 0 Å². The van der Waals surface area contributed by atoms with Gasteiger partial charge in [-0.05, 0) is 37.0 Å². The minimum Gasteiger partial charge on any atom is -0.0999 e. The number of rotatable bonds is 0. The third kappa shape index (κ3) is 4.18. The second-order valence-electron chi connectivity index (χ2n) is 3.24. The maximum absolute atomic E-state index is 2.27. The topological polar surface area (TPSA) is 0 Å². The second kappa shape index (κ2) is 5.13. The molecule has 1 aliphatic rings. The normalized spacial score (nSPS) is 26.8. The largest absolute Gasteiger partial charge is 0.0999 e. The molecule has 0 radical (unpaired) electrons. The van der Waals surface area contributed by atoms with Gasteiger partial charge in [-0.2, -0.15) is 0 Å². The molecule has 0 spiro atoms. The molecule has 0 unspecified atom stereocenters. The van der Waals surface area contributed by atoms with Crippen LogP contribution in [0.15, 0.2) is 45.8 Å². The summed E-state index contributed by atoms with van der Waals surface area (Å²) in [6, 6.07) is 0. The summed E-state index contributed by atoms with van der Waals surface area (Å²) in [4.78, 5) is 2.73. The summed E-state index contributed by atoms with van der Waals surface area (Å²) < 4.78 is 0. The molecule has 0 aliphatic carbocycles. The van der Waals surface area contributed by atoms with E-state index in [1.165, 1.54) is 15.4 Å². The maximum Gasteiger partial charge on any atom is -0.0137 e. The Morgan fingerprint density at radius 1 is 1.08 bits per heavy atom. The van der Waals surface area contributed by atoms with Crippen molar-refractivity contribution in [2.75, 3.05) is 0 Å². The van der Waals surface area contributed by atoms with Crippen molar-refractivity contribution in [1.29, 1.82) is 0 Å². The molecule has 0 N–H and O–H groups in total. The van der Waals surface area contributed by atoms with Crippen LogP contribution in [0.2, 0.25) is 0 Å². The zero-order valence-electron chi connectivity index (χ0n) is 8.50. The van der Waals surface area contributed by atoms with Crippen LogP contribution in [-0.4, -0.2) is 0 Å². The van der Waals surface area contributed by atoms with Gasteiger partial charge >= 0.3 is 0 Å². The molecule has 0 aromatic heterocycles. The lowest BCUT2D eigenvalue weighted by Crippen LogP contribution is -1.75. The molecule has 0 aromatic carbocycles. The highest BCUT2D eigenvalue weighted by Crippen LogP contribution is 2.25. The predicted octanol–water partition coefficient (Wildman–Crippen LogP) is 4.43. The molecule has 70 valence electrons. The Labute approximate surface area is 85.1 Å². The Bertz CT molecular complexity index is 290. The first kappa shape index (κ1) is 10.4. The fourth-order valence-electron chi connectivity index (χ4n) is 1.14. The van der Waals surface area contributed by atoms with Gasteiger partial charge in [-0.1, -0.05) is 47.7 Å². The molecule has 0 amide bonds. The van der Waals surface area contributed by atoms with E-state index in [0.717, 1.165) is 6.42 Å². The molecular weight excluding hydrogens is 176 g/mol. The number of thioether (sulfide) groups is 1. The van der Waals surface area contributed by atoms with Crippen molar-refractivity contribution in [2.45, 2.75) is 27.2 Å². The highest BCUT2D eigenvalue weighted by molar-refractivity contribution is 8.06.